The molecule has 1 aromatic heterocycles. The molecule has 0 saturated carbocycles. The van der Waals surface area contributed by atoms with Crippen molar-refractivity contribution in [2.75, 3.05) is 6.61 Å². The van der Waals surface area contributed by atoms with Gasteiger partial charge in [-0.25, -0.2) is 9.78 Å². The summed E-state index contributed by atoms with van der Waals surface area (Å²) in [5.74, 6) is -1.72. The van der Waals surface area contributed by atoms with Gasteiger partial charge in [-0.1, -0.05) is 60.1 Å². The van der Waals surface area contributed by atoms with Gasteiger partial charge in [0.2, 0.25) is 5.91 Å². The maximum atomic E-state index is 12.6. The van der Waals surface area contributed by atoms with Crippen molar-refractivity contribution >= 4 is 40.9 Å². The van der Waals surface area contributed by atoms with Crippen molar-refractivity contribution in [3.63, 3.8) is 0 Å². The van der Waals surface area contributed by atoms with Gasteiger partial charge in [0.05, 0.1) is 12.7 Å². The Hall–Kier alpha value is -3.43. The molecule has 0 radical (unpaired) electrons. The minimum atomic E-state index is -1.07. The molecule has 0 fully saturated rings. The third kappa shape index (κ3) is 5.55. The summed E-state index contributed by atoms with van der Waals surface area (Å²) in [5.41, 5.74) is 4.35. The van der Waals surface area contributed by atoms with Gasteiger partial charge in [-0.05, 0) is 28.7 Å². The molecule has 0 saturated heterocycles. The van der Waals surface area contributed by atoms with E-state index < -0.39 is 24.0 Å². The average Bonchev–Trinajstić information content (AvgIpc) is 3.39. The van der Waals surface area contributed by atoms with Crippen LogP contribution in [0.25, 0.3) is 11.1 Å². The number of alkyl carbamates (subject to hydrolysis) is 1. The number of carboxylic acid groups (broad SMARTS) is 1. The number of amides is 2. The maximum Gasteiger partial charge on any atom is 0.407 e. The predicted molar refractivity (Wildman–Crippen MR) is 128 cm³/mol. The van der Waals surface area contributed by atoms with E-state index in [0.717, 1.165) is 22.3 Å². The smallest absolute Gasteiger partial charge is 0.407 e. The zero-order valence-corrected chi connectivity index (χ0v) is 19.6. The molecule has 1 unspecified atom stereocenters. The van der Waals surface area contributed by atoms with E-state index >= 15 is 0 Å². The van der Waals surface area contributed by atoms with E-state index in [0.29, 0.717) is 9.34 Å². The molecule has 3 aromatic rings. The first-order valence-electron chi connectivity index (χ1n) is 10.6. The molecule has 3 N–H and O–H groups in total. The number of carbonyl (C=O) groups excluding carboxylic acids is 2. The van der Waals surface area contributed by atoms with E-state index in [4.69, 9.17) is 21.4 Å². The second-order valence-electron chi connectivity index (χ2n) is 7.73. The molecule has 34 heavy (non-hydrogen) atoms. The first kappa shape index (κ1) is 23.7. The molecule has 1 heterocycles. The average molecular weight is 500 g/mol. The standard InChI is InChI=1S/C24H22ClN3O5S/c25-20-11-26-21(34-20)12-27-23(31)19(9-10-22(29)30)28-24(32)33-13-18-16-7-3-1-5-14(16)15-6-2-4-8-17(15)18/h1-8,11,18-19H,9-10,12-13H2,(H,27,31)(H,28,32)(H,29,30). The van der Waals surface area contributed by atoms with Crippen LogP contribution in [0.15, 0.2) is 54.7 Å². The minimum Gasteiger partial charge on any atom is -0.481 e. The van der Waals surface area contributed by atoms with Crippen LogP contribution in [0.1, 0.15) is 34.9 Å². The number of thiazole rings is 1. The van der Waals surface area contributed by atoms with Gasteiger partial charge in [0.1, 0.15) is 22.0 Å². The summed E-state index contributed by atoms with van der Waals surface area (Å²) in [6.45, 7) is 0.205. The Kier molecular flexibility index (Phi) is 7.44. The van der Waals surface area contributed by atoms with E-state index in [9.17, 15) is 14.4 Å². The van der Waals surface area contributed by atoms with Crippen molar-refractivity contribution in [3.05, 3.63) is 75.2 Å². The van der Waals surface area contributed by atoms with Crippen molar-refractivity contribution in [1.29, 1.82) is 0 Å². The lowest BCUT2D eigenvalue weighted by atomic mass is 9.98. The highest BCUT2D eigenvalue weighted by molar-refractivity contribution is 7.15. The van der Waals surface area contributed by atoms with Crippen LogP contribution in [-0.4, -0.2) is 40.7 Å². The summed E-state index contributed by atoms with van der Waals surface area (Å²) in [5, 5.41) is 14.8. The zero-order chi connectivity index (χ0) is 24.1. The number of ether oxygens (including phenoxy) is 1. The maximum absolute atomic E-state index is 12.6. The van der Waals surface area contributed by atoms with Crippen LogP contribution in [-0.2, 0) is 20.9 Å². The van der Waals surface area contributed by atoms with Gasteiger partial charge in [0, 0.05) is 12.3 Å². The summed E-state index contributed by atoms with van der Waals surface area (Å²) in [4.78, 5) is 40.3. The lowest BCUT2D eigenvalue weighted by molar-refractivity contribution is -0.137. The molecule has 4 rings (SSSR count). The van der Waals surface area contributed by atoms with Crippen LogP contribution < -0.4 is 10.6 Å². The third-order valence-corrected chi connectivity index (χ3v) is 6.65. The molecule has 0 bridgehead atoms. The number of aliphatic carboxylic acids is 1. The predicted octanol–water partition coefficient (Wildman–Crippen LogP) is 4.18. The molecule has 10 heteroatoms. The number of nitrogens with one attached hydrogen (secondary N) is 2. The summed E-state index contributed by atoms with van der Waals surface area (Å²) >= 11 is 7.07. The van der Waals surface area contributed by atoms with Crippen LogP contribution in [0.3, 0.4) is 0 Å². The highest BCUT2D eigenvalue weighted by Gasteiger charge is 2.30. The number of hydrogen-bond acceptors (Lipinski definition) is 6. The summed E-state index contributed by atoms with van der Waals surface area (Å²) in [6, 6.07) is 14.9. The van der Waals surface area contributed by atoms with Crippen molar-refractivity contribution in [2.45, 2.75) is 31.3 Å². The Bertz CT molecular complexity index is 1170. The summed E-state index contributed by atoms with van der Waals surface area (Å²) < 4.78 is 5.98. The fourth-order valence-corrected chi connectivity index (χ4v) is 4.87. The molecule has 1 atom stereocenters. The minimum absolute atomic E-state index is 0.0794. The van der Waals surface area contributed by atoms with Crippen LogP contribution in [0, 0.1) is 0 Å². The van der Waals surface area contributed by atoms with E-state index in [-0.39, 0.29) is 31.9 Å². The SMILES string of the molecule is O=C(O)CCC(NC(=O)OCC1c2ccccc2-c2ccccc21)C(=O)NCc1ncc(Cl)s1. The molecular formula is C24H22ClN3O5S. The zero-order valence-electron chi connectivity index (χ0n) is 18.0. The fourth-order valence-electron chi connectivity index (χ4n) is 3.97. The Morgan fingerprint density at radius 3 is 2.32 bits per heavy atom. The molecule has 0 spiro atoms. The molecular weight excluding hydrogens is 478 g/mol. The van der Waals surface area contributed by atoms with Crippen LogP contribution in [0.4, 0.5) is 4.79 Å². The number of halogens is 1. The Morgan fingerprint density at radius 1 is 1.09 bits per heavy atom. The van der Waals surface area contributed by atoms with Crippen LogP contribution in [0.2, 0.25) is 4.34 Å². The number of benzene rings is 2. The summed E-state index contributed by atoms with van der Waals surface area (Å²) in [7, 11) is 0. The quantitative estimate of drug-likeness (QED) is 0.406. The van der Waals surface area contributed by atoms with Crippen molar-refractivity contribution in [3.8, 4) is 11.1 Å². The monoisotopic (exact) mass is 499 g/mol. The normalized spacial score (nSPS) is 13.0. The van der Waals surface area contributed by atoms with Crippen molar-refractivity contribution in [1.82, 2.24) is 15.6 Å². The van der Waals surface area contributed by atoms with E-state index in [1.165, 1.54) is 17.5 Å². The van der Waals surface area contributed by atoms with Gasteiger partial charge in [-0.2, -0.15) is 0 Å². The molecule has 2 amide bonds. The van der Waals surface area contributed by atoms with E-state index in [2.05, 4.69) is 15.6 Å². The fraction of sp³-hybridized carbons (Fsp3) is 0.250. The molecule has 1 aliphatic rings. The Labute approximate surface area is 204 Å². The van der Waals surface area contributed by atoms with Gasteiger partial charge in [0.25, 0.3) is 0 Å². The largest absolute Gasteiger partial charge is 0.481 e. The molecule has 8 nitrogen and oxygen atoms in total. The van der Waals surface area contributed by atoms with Gasteiger partial charge in [-0.3, -0.25) is 9.59 Å². The van der Waals surface area contributed by atoms with Gasteiger partial charge < -0.3 is 20.5 Å². The number of carbonyl (C=O) groups is 3. The third-order valence-electron chi connectivity index (χ3n) is 5.54. The lowest BCUT2D eigenvalue weighted by Crippen LogP contribution is -2.47. The Balaban J connectivity index is 1.38. The number of rotatable bonds is 9. The van der Waals surface area contributed by atoms with Crippen LogP contribution in [0.5, 0.6) is 0 Å². The van der Waals surface area contributed by atoms with Gasteiger partial charge in [0.15, 0.2) is 0 Å². The topological polar surface area (TPSA) is 118 Å². The summed E-state index contributed by atoms with van der Waals surface area (Å²) in [6.07, 6.45) is 0.323. The van der Waals surface area contributed by atoms with E-state index in [1.807, 2.05) is 48.5 Å². The number of nitrogens with zero attached hydrogens (tertiary/aromatic N) is 1. The van der Waals surface area contributed by atoms with Gasteiger partial charge in [-0.15, -0.1) is 11.3 Å². The highest BCUT2D eigenvalue weighted by atomic mass is 35.5. The van der Waals surface area contributed by atoms with Crippen molar-refractivity contribution in [2.24, 2.45) is 0 Å². The molecule has 0 aliphatic heterocycles. The second-order valence-corrected chi connectivity index (χ2v) is 9.48. The number of carboxylic acids is 1. The first-order chi connectivity index (χ1) is 16.4. The second kappa shape index (κ2) is 10.7. The van der Waals surface area contributed by atoms with Gasteiger partial charge >= 0.3 is 12.1 Å². The van der Waals surface area contributed by atoms with E-state index in [1.54, 1.807) is 0 Å². The molecule has 176 valence electrons. The number of fused-ring (bicyclic) bond motifs is 3. The molecule has 2 aromatic carbocycles. The van der Waals surface area contributed by atoms with Crippen LogP contribution >= 0.6 is 22.9 Å². The first-order valence-corrected chi connectivity index (χ1v) is 11.8. The lowest BCUT2D eigenvalue weighted by Gasteiger charge is -2.19. The molecule has 1 aliphatic carbocycles. The van der Waals surface area contributed by atoms with Crippen molar-refractivity contribution < 1.29 is 24.2 Å². The number of hydrogen-bond donors (Lipinski definition) is 3. The Morgan fingerprint density at radius 2 is 1.74 bits per heavy atom. The highest BCUT2D eigenvalue weighted by Crippen LogP contribution is 2.44. The number of aromatic nitrogens is 1.